The Kier molecular flexibility index (Phi) is 5.34. The number of hydrogen-bond donors (Lipinski definition) is 1. The molecule has 2 nitrogen and oxygen atoms in total. The van der Waals surface area contributed by atoms with Crippen LogP contribution in [0.25, 0.3) is 0 Å². The van der Waals surface area contributed by atoms with E-state index in [2.05, 4.69) is 12.2 Å². The number of nitrogens with one attached hydrogen (secondary N) is 1. The average molecular weight is 265 g/mol. The number of aryl methyl sites for hydroxylation is 1. The highest BCUT2D eigenvalue weighted by Crippen LogP contribution is 2.22. The molecule has 0 spiro atoms. The van der Waals surface area contributed by atoms with Crippen LogP contribution in [0, 0.1) is 18.7 Å². The average Bonchev–Trinajstić information content (AvgIpc) is 2.41. The van der Waals surface area contributed by atoms with Crippen LogP contribution in [0.4, 0.5) is 4.39 Å². The summed E-state index contributed by atoms with van der Waals surface area (Å²) in [4.78, 5) is 0. The van der Waals surface area contributed by atoms with Crippen LogP contribution in [0.15, 0.2) is 18.2 Å². The minimum Gasteiger partial charge on any atom is -0.381 e. The van der Waals surface area contributed by atoms with Crippen molar-refractivity contribution in [2.24, 2.45) is 5.92 Å². The molecule has 1 saturated heterocycles. The molecule has 0 aromatic heterocycles. The molecule has 2 rings (SSSR count). The maximum atomic E-state index is 13.1. The first kappa shape index (κ1) is 14.5. The third kappa shape index (κ3) is 4.02. The van der Waals surface area contributed by atoms with E-state index in [0.29, 0.717) is 12.0 Å². The molecule has 19 heavy (non-hydrogen) atoms. The Bertz CT molecular complexity index is 408. The van der Waals surface area contributed by atoms with Gasteiger partial charge in [0.25, 0.3) is 0 Å². The van der Waals surface area contributed by atoms with Crippen molar-refractivity contribution < 1.29 is 9.13 Å². The van der Waals surface area contributed by atoms with Crippen molar-refractivity contribution in [3.63, 3.8) is 0 Å². The number of benzene rings is 1. The normalized spacial score (nSPS) is 23.5. The molecule has 1 heterocycles. The van der Waals surface area contributed by atoms with Crippen molar-refractivity contribution >= 4 is 0 Å². The fraction of sp³-hybridized carbons (Fsp3) is 0.625. The lowest BCUT2D eigenvalue weighted by Gasteiger charge is -2.32. The van der Waals surface area contributed by atoms with Crippen LogP contribution in [0.5, 0.6) is 0 Å². The molecule has 0 aliphatic carbocycles. The zero-order valence-electron chi connectivity index (χ0n) is 11.9. The fourth-order valence-electron chi connectivity index (χ4n) is 2.77. The summed E-state index contributed by atoms with van der Waals surface area (Å²) >= 11 is 0. The fourth-order valence-corrected chi connectivity index (χ4v) is 2.77. The summed E-state index contributed by atoms with van der Waals surface area (Å²) in [7, 11) is 0. The van der Waals surface area contributed by atoms with Gasteiger partial charge >= 0.3 is 0 Å². The third-order valence-corrected chi connectivity index (χ3v) is 3.92. The van der Waals surface area contributed by atoms with Crippen LogP contribution in [0.2, 0.25) is 0 Å². The van der Waals surface area contributed by atoms with Crippen LogP contribution in [-0.2, 0) is 11.2 Å². The molecule has 2 atom stereocenters. The van der Waals surface area contributed by atoms with Gasteiger partial charge in [-0.25, -0.2) is 4.39 Å². The first-order valence-electron chi connectivity index (χ1n) is 7.27. The highest BCUT2D eigenvalue weighted by molar-refractivity contribution is 5.27. The lowest BCUT2D eigenvalue weighted by atomic mass is 9.88. The molecule has 1 aromatic rings. The number of halogens is 1. The first-order valence-corrected chi connectivity index (χ1v) is 7.27. The minimum absolute atomic E-state index is 0.151. The lowest BCUT2D eigenvalue weighted by Crippen LogP contribution is -2.44. The van der Waals surface area contributed by atoms with Crippen LogP contribution >= 0.6 is 0 Å². The van der Waals surface area contributed by atoms with E-state index in [-0.39, 0.29) is 5.82 Å². The van der Waals surface area contributed by atoms with Crippen molar-refractivity contribution in [1.82, 2.24) is 5.32 Å². The Hall–Kier alpha value is -0.930. The molecule has 1 fully saturated rings. The van der Waals surface area contributed by atoms with E-state index in [1.54, 1.807) is 12.1 Å². The van der Waals surface area contributed by atoms with Gasteiger partial charge in [-0.1, -0.05) is 13.0 Å². The SMILES string of the molecule is CCCNC1CCOCC1Cc1ccc(F)cc1C. The van der Waals surface area contributed by atoms with E-state index < -0.39 is 0 Å². The van der Waals surface area contributed by atoms with Gasteiger partial charge in [0, 0.05) is 18.6 Å². The molecule has 0 amide bonds. The number of hydrogen-bond acceptors (Lipinski definition) is 2. The van der Waals surface area contributed by atoms with E-state index >= 15 is 0 Å². The Labute approximate surface area is 115 Å². The second-order valence-electron chi connectivity index (χ2n) is 5.46. The highest BCUT2D eigenvalue weighted by Gasteiger charge is 2.25. The Morgan fingerprint density at radius 3 is 3.00 bits per heavy atom. The third-order valence-electron chi connectivity index (χ3n) is 3.92. The van der Waals surface area contributed by atoms with Gasteiger partial charge < -0.3 is 10.1 Å². The zero-order valence-corrected chi connectivity index (χ0v) is 11.9. The summed E-state index contributed by atoms with van der Waals surface area (Å²) in [5.74, 6) is 0.339. The van der Waals surface area contributed by atoms with Crippen LogP contribution < -0.4 is 5.32 Å². The minimum atomic E-state index is -0.151. The van der Waals surface area contributed by atoms with Crippen LogP contribution in [-0.4, -0.2) is 25.8 Å². The smallest absolute Gasteiger partial charge is 0.123 e. The second kappa shape index (κ2) is 7.01. The molecule has 0 saturated carbocycles. The Morgan fingerprint density at radius 1 is 1.42 bits per heavy atom. The molecular weight excluding hydrogens is 241 g/mol. The predicted molar refractivity (Wildman–Crippen MR) is 75.8 cm³/mol. The maximum absolute atomic E-state index is 13.1. The summed E-state index contributed by atoms with van der Waals surface area (Å²) < 4.78 is 18.7. The number of ether oxygens (including phenoxy) is 1. The van der Waals surface area contributed by atoms with Gasteiger partial charge in [-0.15, -0.1) is 0 Å². The first-order chi connectivity index (χ1) is 9.20. The van der Waals surface area contributed by atoms with E-state index in [4.69, 9.17) is 4.74 Å². The summed E-state index contributed by atoms with van der Waals surface area (Å²) in [6.45, 7) is 6.88. The van der Waals surface area contributed by atoms with Gasteiger partial charge in [-0.2, -0.15) is 0 Å². The van der Waals surface area contributed by atoms with Crippen molar-refractivity contribution in [3.05, 3.63) is 35.1 Å². The molecule has 2 unspecified atom stereocenters. The molecule has 0 radical (unpaired) electrons. The van der Waals surface area contributed by atoms with Gasteiger partial charge in [-0.3, -0.25) is 0 Å². The molecule has 0 bridgehead atoms. The van der Waals surface area contributed by atoms with Gasteiger partial charge in [0.05, 0.1) is 6.61 Å². The number of rotatable bonds is 5. The van der Waals surface area contributed by atoms with Crippen LogP contribution in [0.3, 0.4) is 0 Å². The quantitative estimate of drug-likeness (QED) is 0.883. The summed E-state index contributed by atoms with van der Waals surface area (Å²) in [6, 6.07) is 5.61. The van der Waals surface area contributed by atoms with Crippen molar-refractivity contribution in [2.75, 3.05) is 19.8 Å². The van der Waals surface area contributed by atoms with E-state index in [1.807, 2.05) is 13.0 Å². The molecule has 106 valence electrons. The topological polar surface area (TPSA) is 21.3 Å². The van der Waals surface area contributed by atoms with Crippen molar-refractivity contribution in [1.29, 1.82) is 0 Å². The van der Waals surface area contributed by atoms with Gasteiger partial charge in [0.2, 0.25) is 0 Å². The Balaban J connectivity index is 2.02. The molecule has 1 aliphatic rings. The maximum Gasteiger partial charge on any atom is 0.123 e. The monoisotopic (exact) mass is 265 g/mol. The van der Waals surface area contributed by atoms with Gasteiger partial charge in [-0.05, 0) is 56.0 Å². The largest absolute Gasteiger partial charge is 0.381 e. The van der Waals surface area contributed by atoms with Crippen LogP contribution in [0.1, 0.15) is 30.9 Å². The summed E-state index contributed by atoms with van der Waals surface area (Å²) in [5, 5.41) is 3.62. The Morgan fingerprint density at radius 2 is 2.26 bits per heavy atom. The van der Waals surface area contributed by atoms with Crippen molar-refractivity contribution in [3.8, 4) is 0 Å². The second-order valence-corrected chi connectivity index (χ2v) is 5.46. The zero-order chi connectivity index (χ0) is 13.7. The van der Waals surface area contributed by atoms with E-state index in [1.165, 1.54) is 5.56 Å². The standard InChI is InChI=1S/C16H24FNO/c1-3-7-18-16-6-8-19-11-14(16)10-13-4-5-15(17)9-12(13)2/h4-5,9,14,16,18H,3,6-8,10-11H2,1-2H3. The summed E-state index contributed by atoms with van der Waals surface area (Å²) in [5.41, 5.74) is 2.28. The lowest BCUT2D eigenvalue weighted by molar-refractivity contribution is 0.0322. The van der Waals surface area contributed by atoms with E-state index in [0.717, 1.165) is 44.6 Å². The van der Waals surface area contributed by atoms with Gasteiger partial charge in [0.15, 0.2) is 0 Å². The molecule has 1 N–H and O–H groups in total. The highest BCUT2D eigenvalue weighted by atomic mass is 19.1. The molecule has 1 aromatic carbocycles. The predicted octanol–water partition coefficient (Wildman–Crippen LogP) is 3.08. The van der Waals surface area contributed by atoms with Gasteiger partial charge in [0.1, 0.15) is 5.82 Å². The molecule has 3 heteroatoms. The molecule has 1 aliphatic heterocycles. The van der Waals surface area contributed by atoms with Crippen molar-refractivity contribution in [2.45, 2.75) is 39.2 Å². The van der Waals surface area contributed by atoms with E-state index in [9.17, 15) is 4.39 Å². The molecular formula is C16H24FNO. The summed E-state index contributed by atoms with van der Waals surface area (Å²) in [6.07, 6.45) is 3.19.